The fourth-order valence-corrected chi connectivity index (χ4v) is 3.18. The van der Waals surface area contributed by atoms with Crippen molar-refractivity contribution in [1.82, 2.24) is 9.88 Å². The van der Waals surface area contributed by atoms with Gasteiger partial charge in [-0.15, -0.1) is 11.3 Å². The van der Waals surface area contributed by atoms with E-state index >= 15 is 0 Å². The zero-order chi connectivity index (χ0) is 16.1. The lowest BCUT2D eigenvalue weighted by Gasteiger charge is -2.38. The van der Waals surface area contributed by atoms with Crippen LogP contribution in [0.4, 0.5) is 9.93 Å². The Hall–Kier alpha value is -1.96. The standard InChI is InChI=1S/C16H19N3O3S/c20-6-7-22-13-10-19(11-13)16(21)18-15-17-9-14(23-15)8-12-4-2-1-3-5-12/h1-5,9,13,20H,6-8,10-11H2,(H,17,18,21). The monoisotopic (exact) mass is 333 g/mol. The van der Waals surface area contributed by atoms with Gasteiger partial charge in [-0.2, -0.15) is 0 Å². The molecule has 2 heterocycles. The molecule has 1 aromatic heterocycles. The lowest BCUT2D eigenvalue weighted by molar-refractivity contribution is -0.0440. The number of thiazole rings is 1. The van der Waals surface area contributed by atoms with Crippen LogP contribution in [0.25, 0.3) is 0 Å². The molecule has 0 unspecified atom stereocenters. The van der Waals surface area contributed by atoms with E-state index in [1.807, 2.05) is 18.2 Å². The van der Waals surface area contributed by atoms with E-state index in [9.17, 15) is 4.79 Å². The highest BCUT2D eigenvalue weighted by Crippen LogP contribution is 2.22. The summed E-state index contributed by atoms with van der Waals surface area (Å²) in [7, 11) is 0. The first-order chi connectivity index (χ1) is 11.2. The van der Waals surface area contributed by atoms with Gasteiger partial charge in [0.1, 0.15) is 0 Å². The first kappa shape index (κ1) is 15.9. The van der Waals surface area contributed by atoms with Crippen LogP contribution in [0, 0.1) is 0 Å². The number of hydrogen-bond donors (Lipinski definition) is 2. The van der Waals surface area contributed by atoms with Crippen molar-refractivity contribution < 1.29 is 14.6 Å². The van der Waals surface area contributed by atoms with Crippen LogP contribution in [0.5, 0.6) is 0 Å². The zero-order valence-corrected chi connectivity index (χ0v) is 13.5. The van der Waals surface area contributed by atoms with Crippen molar-refractivity contribution in [2.24, 2.45) is 0 Å². The van der Waals surface area contributed by atoms with Gasteiger partial charge in [-0.25, -0.2) is 9.78 Å². The fourth-order valence-electron chi connectivity index (χ4n) is 2.34. The smallest absolute Gasteiger partial charge is 0.323 e. The summed E-state index contributed by atoms with van der Waals surface area (Å²) in [4.78, 5) is 19.1. The van der Waals surface area contributed by atoms with Gasteiger partial charge in [0, 0.05) is 17.5 Å². The molecule has 1 aromatic carbocycles. The number of carbonyl (C=O) groups is 1. The number of anilines is 1. The van der Waals surface area contributed by atoms with Gasteiger partial charge in [0.15, 0.2) is 5.13 Å². The van der Waals surface area contributed by atoms with E-state index in [-0.39, 0.29) is 18.7 Å². The van der Waals surface area contributed by atoms with Crippen molar-refractivity contribution in [2.45, 2.75) is 12.5 Å². The molecule has 23 heavy (non-hydrogen) atoms. The third-order valence-corrected chi connectivity index (χ3v) is 4.48. The highest BCUT2D eigenvalue weighted by Gasteiger charge is 2.31. The maximum Gasteiger partial charge on any atom is 0.323 e. The molecule has 2 N–H and O–H groups in total. The fraction of sp³-hybridized carbons (Fsp3) is 0.375. The van der Waals surface area contributed by atoms with E-state index in [1.165, 1.54) is 16.9 Å². The minimum Gasteiger partial charge on any atom is -0.394 e. The summed E-state index contributed by atoms with van der Waals surface area (Å²) in [6.45, 7) is 1.42. The second-order valence-electron chi connectivity index (χ2n) is 5.35. The molecule has 2 amide bonds. The number of aromatic nitrogens is 1. The third-order valence-electron chi connectivity index (χ3n) is 3.57. The van der Waals surface area contributed by atoms with E-state index in [0.29, 0.717) is 24.8 Å². The number of likely N-dealkylation sites (tertiary alicyclic amines) is 1. The molecule has 6 nitrogen and oxygen atoms in total. The number of carbonyl (C=O) groups excluding carboxylic acids is 1. The summed E-state index contributed by atoms with van der Waals surface area (Å²) >= 11 is 1.49. The van der Waals surface area contributed by atoms with E-state index in [1.54, 1.807) is 11.1 Å². The highest BCUT2D eigenvalue weighted by molar-refractivity contribution is 7.15. The van der Waals surface area contributed by atoms with Crippen molar-refractivity contribution in [3.8, 4) is 0 Å². The molecule has 0 bridgehead atoms. The molecule has 122 valence electrons. The third kappa shape index (κ3) is 4.28. The van der Waals surface area contributed by atoms with Crippen LogP contribution in [-0.4, -0.2) is 53.4 Å². The number of benzene rings is 1. The molecular formula is C16H19N3O3S. The van der Waals surface area contributed by atoms with Crippen LogP contribution in [0.15, 0.2) is 36.5 Å². The number of aliphatic hydroxyl groups is 1. The Morgan fingerprint density at radius 3 is 2.91 bits per heavy atom. The second-order valence-corrected chi connectivity index (χ2v) is 6.46. The number of rotatable bonds is 6. The van der Waals surface area contributed by atoms with Gasteiger partial charge in [0.25, 0.3) is 0 Å². The molecule has 2 aromatic rings. The number of urea groups is 1. The van der Waals surface area contributed by atoms with Gasteiger partial charge < -0.3 is 14.7 Å². The molecule has 0 spiro atoms. The molecule has 1 saturated heterocycles. The normalized spacial score (nSPS) is 14.6. The number of aliphatic hydroxyl groups excluding tert-OH is 1. The first-order valence-corrected chi connectivity index (χ1v) is 8.33. The summed E-state index contributed by atoms with van der Waals surface area (Å²) in [5, 5.41) is 12.1. The Balaban J connectivity index is 1.47. The topological polar surface area (TPSA) is 74.7 Å². The van der Waals surface area contributed by atoms with Crippen LogP contribution in [0.1, 0.15) is 10.4 Å². The van der Waals surface area contributed by atoms with Crippen LogP contribution in [0.3, 0.4) is 0 Å². The van der Waals surface area contributed by atoms with Gasteiger partial charge in [0.2, 0.25) is 0 Å². The van der Waals surface area contributed by atoms with Crippen LogP contribution in [0.2, 0.25) is 0 Å². The first-order valence-electron chi connectivity index (χ1n) is 7.51. The minimum absolute atomic E-state index is 0.00596. The van der Waals surface area contributed by atoms with Crippen molar-refractivity contribution in [2.75, 3.05) is 31.6 Å². The van der Waals surface area contributed by atoms with Gasteiger partial charge in [-0.1, -0.05) is 30.3 Å². The molecule has 1 fully saturated rings. The van der Waals surface area contributed by atoms with Gasteiger partial charge in [-0.05, 0) is 5.56 Å². The molecule has 1 aliphatic heterocycles. The summed E-state index contributed by atoms with van der Waals surface area (Å²) < 4.78 is 5.34. The van der Waals surface area contributed by atoms with Crippen LogP contribution in [-0.2, 0) is 11.2 Å². The predicted octanol–water partition coefficient (Wildman–Crippen LogP) is 1.96. The quantitative estimate of drug-likeness (QED) is 0.847. The molecule has 0 atom stereocenters. The average molecular weight is 333 g/mol. The SMILES string of the molecule is O=C(Nc1ncc(Cc2ccccc2)s1)N1CC(OCCO)C1. The summed E-state index contributed by atoms with van der Waals surface area (Å²) in [5.74, 6) is 0. The van der Waals surface area contributed by atoms with Gasteiger partial charge in [0.05, 0.1) is 32.4 Å². The molecular weight excluding hydrogens is 314 g/mol. The van der Waals surface area contributed by atoms with Crippen LogP contribution >= 0.6 is 11.3 Å². The molecule has 7 heteroatoms. The largest absolute Gasteiger partial charge is 0.394 e. The van der Waals surface area contributed by atoms with Crippen molar-refractivity contribution in [3.05, 3.63) is 47.0 Å². The predicted molar refractivity (Wildman–Crippen MR) is 88.8 cm³/mol. The Labute approximate surface area is 138 Å². The van der Waals surface area contributed by atoms with Gasteiger partial charge in [-0.3, -0.25) is 5.32 Å². The Morgan fingerprint density at radius 2 is 2.17 bits per heavy atom. The van der Waals surface area contributed by atoms with Crippen molar-refractivity contribution in [1.29, 1.82) is 0 Å². The maximum atomic E-state index is 12.1. The van der Waals surface area contributed by atoms with Gasteiger partial charge >= 0.3 is 6.03 Å². The molecule has 0 aliphatic carbocycles. The van der Waals surface area contributed by atoms with E-state index in [2.05, 4.69) is 22.4 Å². The van der Waals surface area contributed by atoms with E-state index in [4.69, 9.17) is 9.84 Å². The number of nitrogens with zero attached hydrogens (tertiary/aromatic N) is 2. The van der Waals surface area contributed by atoms with Crippen molar-refractivity contribution in [3.63, 3.8) is 0 Å². The molecule has 3 rings (SSSR count). The Kier molecular flexibility index (Phi) is 5.22. The number of nitrogens with one attached hydrogen (secondary N) is 1. The summed E-state index contributed by atoms with van der Waals surface area (Å²) in [6.07, 6.45) is 2.64. The second kappa shape index (κ2) is 7.54. The van der Waals surface area contributed by atoms with Crippen LogP contribution < -0.4 is 5.32 Å². The number of amides is 2. The maximum absolute atomic E-state index is 12.1. The lowest BCUT2D eigenvalue weighted by atomic mass is 10.1. The molecule has 1 aliphatic rings. The zero-order valence-electron chi connectivity index (χ0n) is 12.6. The molecule has 0 saturated carbocycles. The Bertz CT molecular complexity index is 641. The summed E-state index contributed by atoms with van der Waals surface area (Å²) in [5.41, 5.74) is 1.22. The number of hydrogen-bond acceptors (Lipinski definition) is 5. The Morgan fingerprint density at radius 1 is 1.39 bits per heavy atom. The van der Waals surface area contributed by atoms with E-state index < -0.39 is 0 Å². The van der Waals surface area contributed by atoms with E-state index in [0.717, 1.165) is 11.3 Å². The highest BCUT2D eigenvalue weighted by atomic mass is 32.1. The summed E-state index contributed by atoms with van der Waals surface area (Å²) in [6, 6.07) is 10.0. The minimum atomic E-state index is -0.158. The molecule has 0 radical (unpaired) electrons. The lowest BCUT2D eigenvalue weighted by Crippen LogP contribution is -2.56. The average Bonchev–Trinajstić information content (AvgIpc) is 2.94. The number of ether oxygens (including phenoxy) is 1. The van der Waals surface area contributed by atoms with Crippen molar-refractivity contribution >= 4 is 22.5 Å².